The van der Waals surface area contributed by atoms with Crippen LogP contribution in [0, 0.1) is 0 Å². The molecule has 0 spiro atoms. The van der Waals surface area contributed by atoms with Gasteiger partial charge in [-0.15, -0.1) is 0 Å². The SMILES string of the molecule is CO[Si](CCc1ccc(Br)cc1)(OC)OC. The molecule has 0 unspecified atom stereocenters. The first kappa shape index (κ1) is 13.9. The highest BCUT2D eigenvalue weighted by atomic mass is 79.9. The smallest absolute Gasteiger partial charge is 0.377 e. The van der Waals surface area contributed by atoms with Gasteiger partial charge in [-0.05, 0) is 24.1 Å². The van der Waals surface area contributed by atoms with Crippen molar-refractivity contribution in [3.8, 4) is 0 Å². The third-order valence-electron chi connectivity index (χ3n) is 2.57. The number of hydrogen-bond donors (Lipinski definition) is 0. The Labute approximate surface area is 106 Å². The first-order valence-electron chi connectivity index (χ1n) is 5.05. The number of benzene rings is 1. The van der Waals surface area contributed by atoms with Crippen molar-refractivity contribution in [1.29, 1.82) is 0 Å². The predicted octanol–water partition coefficient (Wildman–Crippen LogP) is 2.87. The van der Waals surface area contributed by atoms with E-state index < -0.39 is 8.80 Å². The summed E-state index contributed by atoms with van der Waals surface area (Å²) < 4.78 is 17.2. The third-order valence-corrected chi connectivity index (χ3v) is 5.82. The van der Waals surface area contributed by atoms with Crippen LogP contribution in [-0.2, 0) is 19.7 Å². The minimum Gasteiger partial charge on any atom is -0.377 e. The lowest BCUT2D eigenvalue weighted by atomic mass is 10.2. The second-order valence-electron chi connectivity index (χ2n) is 3.42. The Hall–Kier alpha value is -0.203. The first-order chi connectivity index (χ1) is 7.65. The normalized spacial score (nSPS) is 11.8. The average molecular weight is 305 g/mol. The Bertz CT molecular complexity index is 303. The fraction of sp³-hybridized carbons (Fsp3) is 0.455. The van der Waals surface area contributed by atoms with E-state index in [-0.39, 0.29) is 0 Å². The van der Waals surface area contributed by atoms with Gasteiger partial charge < -0.3 is 13.3 Å². The third kappa shape index (κ3) is 3.67. The number of halogens is 1. The lowest BCUT2D eigenvalue weighted by Crippen LogP contribution is -2.43. The van der Waals surface area contributed by atoms with Crippen LogP contribution >= 0.6 is 15.9 Å². The Morgan fingerprint density at radius 1 is 1.00 bits per heavy atom. The van der Waals surface area contributed by atoms with E-state index in [1.54, 1.807) is 21.3 Å². The molecule has 3 nitrogen and oxygen atoms in total. The molecular weight excluding hydrogens is 288 g/mol. The molecular formula is C11H17BrO3Si. The predicted molar refractivity (Wildman–Crippen MR) is 69.4 cm³/mol. The summed E-state index contributed by atoms with van der Waals surface area (Å²) in [5.74, 6) is 0. The maximum atomic E-state index is 5.37. The van der Waals surface area contributed by atoms with Gasteiger partial charge in [0.1, 0.15) is 0 Å². The zero-order chi connectivity index (χ0) is 12.0. The molecule has 0 aliphatic rings. The Morgan fingerprint density at radius 3 is 1.94 bits per heavy atom. The molecule has 0 fully saturated rings. The summed E-state index contributed by atoms with van der Waals surface area (Å²) in [7, 11) is 2.49. The average Bonchev–Trinajstić information content (AvgIpc) is 2.34. The van der Waals surface area contributed by atoms with Gasteiger partial charge in [-0.25, -0.2) is 0 Å². The summed E-state index contributed by atoms with van der Waals surface area (Å²) in [5.41, 5.74) is 1.26. The van der Waals surface area contributed by atoms with Crippen molar-refractivity contribution >= 4 is 24.7 Å². The van der Waals surface area contributed by atoms with Gasteiger partial charge in [0.15, 0.2) is 0 Å². The fourth-order valence-electron chi connectivity index (χ4n) is 1.50. The van der Waals surface area contributed by atoms with E-state index in [2.05, 4.69) is 28.1 Å². The summed E-state index contributed by atoms with van der Waals surface area (Å²) in [6, 6.07) is 9.03. The standard InChI is InChI=1S/C11H17BrO3Si/c1-13-16(14-2,15-3)9-8-10-4-6-11(12)7-5-10/h4-7H,8-9H2,1-3H3. The van der Waals surface area contributed by atoms with E-state index in [0.29, 0.717) is 0 Å². The van der Waals surface area contributed by atoms with E-state index in [1.165, 1.54) is 5.56 Å². The summed E-state index contributed by atoms with van der Waals surface area (Å²) >= 11 is 3.41. The lowest BCUT2D eigenvalue weighted by molar-refractivity contribution is 0.123. The monoisotopic (exact) mass is 304 g/mol. The van der Waals surface area contributed by atoms with Crippen LogP contribution in [0.5, 0.6) is 0 Å². The largest absolute Gasteiger partial charge is 0.500 e. The minimum absolute atomic E-state index is 0.790. The maximum Gasteiger partial charge on any atom is 0.500 e. The zero-order valence-electron chi connectivity index (χ0n) is 9.83. The Kier molecular flexibility index (Phi) is 5.64. The van der Waals surface area contributed by atoms with Crippen molar-refractivity contribution in [2.75, 3.05) is 21.3 Å². The topological polar surface area (TPSA) is 27.7 Å². The molecule has 0 N–H and O–H groups in total. The molecule has 0 atom stereocenters. The molecule has 0 aliphatic heterocycles. The highest BCUT2D eigenvalue weighted by molar-refractivity contribution is 9.10. The lowest BCUT2D eigenvalue weighted by Gasteiger charge is -2.24. The molecule has 0 aliphatic carbocycles. The molecule has 0 heterocycles. The molecule has 0 saturated heterocycles. The van der Waals surface area contributed by atoms with E-state index >= 15 is 0 Å². The van der Waals surface area contributed by atoms with E-state index in [1.807, 2.05) is 12.1 Å². The molecule has 0 amide bonds. The van der Waals surface area contributed by atoms with Crippen LogP contribution in [0.1, 0.15) is 5.56 Å². The van der Waals surface area contributed by atoms with Crippen LogP contribution in [0.15, 0.2) is 28.7 Å². The second-order valence-corrected chi connectivity index (χ2v) is 7.43. The molecule has 90 valence electrons. The summed E-state index contributed by atoms with van der Waals surface area (Å²) in [6.45, 7) is 0. The summed E-state index contributed by atoms with van der Waals surface area (Å²) in [4.78, 5) is 0. The van der Waals surface area contributed by atoms with Crippen molar-refractivity contribution in [2.45, 2.75) is 12.5 Å². The number of rotatable bonds is 6. The number of hydrogen-bond acceptors (Lipinski definition) is 3. The fourth-order valence-corrected chi connectivity index (χ4v) is 3.48. The molecule has 1 rings (SSSR count). The quantitative estimate of drug-likeness (QED) is 0.756. The summed E-state index contributed by atoms with van der Waals surface area (Å²) in [6.07, 6.45) is 0.898. The van der Waals surface area contributed by atoms with Gasteiger partial charge in [-0.1, -0.05) is 28.1 Å². The van der Waals surface area contributed by atoms with Gasteiger partial charge in [0.05, 0.1) is 0 Å². The van der Waals surface area contributed by atoms with Crippen LogP contribution in [0.3, 0.4) is 0 Å². The molecule has 0 saturated carbocycles. The molecule has 0 bridgehead atoms. The molecule has 5 heteroatoms. The molecule has 0 radical (unpaired) electrons. The summed E-state index contributed by atoms with van der Waals surface area (Å²) in [5, 5.41) is 0. The van der Waals surface area contributed by atoms with Crippen LogP contribution in [0.2, 0.25) is 6.04 Å². The molecule has 16 heavy (non-hydrogen) atoms. The van der Waals surface area contributed by atoms with Gasteiger partial charge in [0.2, 0.25) is 0 Å². The van der Waals surface area contributed by atoms with Gasteiger partial charge in [0, 0.05) is 31.8 Å². The Morgan fingerprint density at radius 2 is 1.50 bits per heavy atom. The minimum atomic E-state index is -2.43. The van der Waals surface area contributed by atoms with Gasteiger partial charge >= 0.3 is 8.80 Å². The molecule has 1 aromatic carbocycles. The van der Waals surface area contributed by atoms with Crippen molar-refractivity contribution in [2.24, 2.45) is 0 Å². The molecule has 0 aromatic heterocycles. The van der Waals surface area contributed by atoms with Crippen molar-refractivity contribution in [3.05, 3.63) is 34.3 Å². The zero-order valence-corrected chi connectivity index (χ0v) is 12.4. The van der Waals surface area contributed by atoms with Gasteiger partial charge in [-0.3, -0.25) is 0 Å². The van der Waals surface area contributed by atoms with E-state index in [0.717, 1.165) is 16.9 Å². The van der Waals surface area contributed by atoms with Crippen molar-refractivity contribution < 1.29 is 13.3 Å². The van der Waals surface area contributed by atoms with E-state index in [4.69, 9.17) is 13.3 Å². The highest BCUT2D eigenvalue weighted by Gasteiger charge is 2.36. The van der Waals surface area contributed by atoms with Crippen LogP contribution in [0.4, 0.5) is 0 Å². The Balaban J connectivity index is 2.58. The molecule has 1 aromatic rings. The van der Waals surface area contributed by atoms with Gasteiger partial charge in [-0.2, -0.15) is 0 Å². The maximum absolute atomic E-state index is 5.37. The van der Waals surface area contributed by atoms with Crippen LogP contribution in [0.25, 0.3) is 0 Å². The highest BCUT2D eigenvalue weighted by Crippen LogP contribution is 2.18. The van der Waals surface area contributed by atoms with Crippen molar-refractivity contribution in [3.63, 3.8) is 0 Å². The number of aryl methyl sites for hydroxylation is 1. The van der Waals surface area contributed by atoms with Crippen molar-refractivity contribution in [1.82, 2.24) is 0 Å². The van der Waals surface area contributed by atoms with E-state index in [9.17, 15) is 0 Å². The van der Waals surface area contributed by atoms with Gasteiger partial charge in [0.25, 0.3) is 0 Å². The first-order valence-corrected chi connectivity index (χ1v) is 7.78. The van der Waals surface area contributed by atoms with Crippen LogP contribution in [-0.4, -0.2) is 30.1 Å². The second kappa shape index (κ2) is 6.51. The van der Waals surface area contributed by atoms with Crippen LogP contribution < -0.4 is 0 Å².